The summed E-state index contributed by atoms with van der Waals surface area (Å²) in [5.41, 5.74) is 0.0337. The van der Waals surface area contributed by atoms with Crippen molar-refractivity contribution in [1.29, 1.82) is 0 Å². The van der Waals surface area contributed by atoms with Gasteiger partial charge >= 0.3 is 11.9 Å². The van der Waals surface area contributed by atoms with E-state index in [1.807, 2.05) is 0 Å². The molecule has 1 heterocycles. The van der Waals surface area contributed by atoms with Gasteiger partial charge in [0.15, 0.2) is 0 Å². The van der Waals surface area contributed by atoms with Crippen molar-refractivity contribution in [2.24, 2.45) is 28.6 Å². The van der Waals surface area contributed by atoms with Crippen molar-refractivity contribution >= 4 is 11.9 Å². The van der Waals surface area contributed by atoms with E-state index in [0.29, 0.717) is 24.2 Å². The summed E-state index contributed by atoms with van der Waals surface area (Å²) in [6, 6.07) is 0. The standard InChI is InChI=1S/C23H38O5/c1-14(12-19(25)26-7)8-10-21(4)15(2)9-11-22(5)18(21)13-17(27-16(3)24)20-23(22,6)28-20/h14-15,17-18,20H,8-13H2,1-7H3/t14?,15-,17-,18-,20+,21+,22-,23+/m1/s1. The predicted octanol–water partition coefficient (Wildman–Crippen LogP) is 4.52. The average molecular weight is 395 g/mol. The topological polar surface area (TPSA) is 65.1 Å². The number of rotatable bonds is 6. The molecule has 0 aromatic rings. The molecule has 5 heteroatoms. The molecule has 28 heavy (non-hydrogen) atoms. The van der Waals surface area contributed by atoms with Crippen LogP contribution in [0.1, 0.15) is 80.1 Å². The minimum atomic E-state index is -0.219. The first-order chi connectivity index (χ1) is 13.0. The highest BCUT2D eigenvalue weighted by atomic mass is 16.6. The zero-order valence-corrected chi connectivity index (χ0v) is 18.7. The molecule has 0 spiro atoms. The smallest absolute Gasteiger partial charge is 0.305 e. The minimum absolute atomic E-state index is 0.0357. The molecule has 3 fully saturated rings. The van der Waals surface area contributed by atoms with Gasteiger partial charge in [-0.25, -0.2) is 0 Å². The van der Waals surface area contributed by atoms with Crippen molar-refractivity contribution in [3.63, 3.8) is 0 Å². The number of epoxide rings is 1. The Morgan fingerprint density at radius 2 is 1.93 bits per heavy atom. The molecule has 0 aromatic heterocycles. The van der Waals surface area contributed by atoms with Crippen molar-refractivity contribution < 1.29 is 23.8 Å². The van der Waals surface area contributed by atoms with Gasteiger partial charge in [-0.1, -0.05) is 27.7 Å². The molecule has 3 aliphatic rings. The van der Waals surface area contributed by atoms with E-state index in [4.69, 9.17) is 14.2 Å². The lowest BCUT2D eigenvalue weighted by Gasteiger charge is -2.60. The number of ether oxygens (including phenoxy) is 3. The maximum absolute atomic E-state index is 11.7. The third-order valence-electron chi connectivity index (χ3n) is 8.82. The van der Waals surface area contributed by atoms with Crippen LogP contribution in [0.4, 0.5) is 0 Å². The van der Waals surface area contributed by atoms with E-state index in [-0.39, 0.29) is 40.6 Å². The second kappa shape index (κ2) is 7.30. The molecule has 2 aliphatic carbocycles. The number of esters is 2. The number of carbonyl (C=O) groups excluding carboxylic acids is 2. The fourth-order valence-corrected chi connectivity index (χ4v) is 6.46. The molecule has 8 atom stereocenters. The van der Waals surface area contributed by atoms with Crippen LogP contribution < -0.4 is 0 Å². The SMILES string of the molecule is COC(=O)CC(C)CC[C@@]1(C)[C@H](C)CC[C@]2(C)[C@@H]1C[C@@H](OC(C)=O)[C@@H]1O[C@@]12C. The summed E-state index contributed by atoms with van der Waals surface area (Å²) in [4.78, 5) is 23.3. The van der Waals surface area contributed by atoms with Crippen molar-refractivity contribution in [3.05, 3.63) is 0 Å². The van der Waals surface area contributed by atoms with Gasteiger partial charge in [-0.05, 0) is 62.2 Å². The molecule has 2 saturated carbocycles. The lowest BCUT2D eigenvalue weighted by Crippen LogP contribution is -2.59. The monoisotopic (exact) mass is 394 g/mol. The van der Waals surface area contributed by atoms with Crippen LogP contribution in [-0.2, 0) is 23.8 Å². The fourth-order valence-electron chi connectivity index (χ4n) is 6.46. The highest BCUT2D eigenvalue weighted by molar-refractivity contribution is 5.69. The van der Waals surface area contributed by atoms with Crippen LogP contribution in [0.15, 0.2) is 0 Å². The van der Waals surface area contributed by atoms with Crippen LogP contribution in [0.25, 0.3) is 0 Å². The molecular formula is C23H38O5. The second-order valence-electron chi connectivity index (χ2n) is 10.4. The molecule has 0 amide bonds. The zero-order valence-electron chi connectivity index (χ0n) is 18.7. The van der Waals surface area contributed by atoms with Crippen molar-refractivity contribution in [2.75, 3.05) is 7.11 Å². The Morgan fingerprint density at radius 3 is 2.54 bits per heavy atom. The van der Waals surface area contributed by atoms with Crippen LogP contribution in [0, 0.1) is 28.6 Å². The van der Waals surface area contributed by atoms with E-state index in [2.05, 4.69) is 34.6 Å². The van der Waals surface area contributed by atoms with Gasteiger partial charge in [0.2, 0.25) is 0 Å². The van der Waals surface area contributed by atoms with Gasteiger partial charge in [-0.3, -0.25) is 9.59 Å². The van der Waals surface area contributed by atoms with Crippen molar-refractivity contribution in [3.8, 4) is 0 Å². The Balaban J connectivity index is 1.81. The van der Waals surface area contributed by atoms with Gasteiger partial charge in [0.1, 0.15) is 17.8 Å². The number of fused-ring (bicyclic) bond motifs is 3. The fraction of sp³-hybridized carbons (Fsp3) is 0.913. The van der Waals surface area contributed by atoms with Crippen molar-refractivity contribution in [2.45, 2.75) is 97.9 Å². The van der Waals surface area contributed by atoms with Crippen LogP contribution in [-0.4, -0.2) is 36.9 Å². The molecule has 0 aromatic carbocycles. The first-order valence-corrected chi connectivity index (χ1v) is 10.9. The summed E-state index contributed by atoms with van der Waals surface area (Å²) in [6.45, 7) is 13.0. The Morgan fingerprint density at radius 1 is 1.25 bits per heavy atom. The maximum Gasteiger partial charge on any atom is 0.305 e. The highest BCUT2D eigenvalue weighted by Gasteiger charge is 2.75. The molecule has 0 N–H and O–H groups in total. The van der Waals surface area contributed by atoms with Gasteiger partial charge in [0.05, 0.1) is 7.11 Å². The van der Waals surface area contributed by atoms with Gasteiger partial charge in [0, 0.05) is 18.8 Å². The predicted molar refractivity (Wildman–Crippen MR) is 107 cm³/mol. The Bertz CT molecular complexity index is 632. The third kappa shape index (κ3) is 3.38. The summed E-state index contributed by atoms with van der Waals surface area (Å²) in [5.74, 6) is 0.977. The van der Waals surface area contributed by atoms with Crippen molar-refractivity contribution in [1.82, 2.24) is 0 Å². The van der Waals surface area contributed by atoms with Gasteiger partial charge in [-0.15, -0.1) is 0 Å². The molecule has 0 bridgehead atoms. The number of hydrogen-bond acceptors (Lipinski definition) is 5. The second-order valence-corrected chi connectivity index (χ2v) is 10.4. The Labute approximate surface area is 169 Å². The summed E-state index contributed by atoms with van der Waals surface area (Å²) in [7, 11) is 1.45. The highest BCUT2D eigenvalue weighted by Crippen LogP contribution is 2.70. The maximum atomic E-state index is 11.7. The summed E-state index contributed by atoms with van der Waals surface area (Å²) >= 11 is 0. The average Bonchev–Trinajstić information content (AvgIpc) is 3.33. The lowest BCUT2D eigenvalue weighted by molar-refractivity contribution is -0.159. The molecule has 1 saturated heterocycles. The van der Waals surface area contributed by atoms with E-state index < -0.39 is 0 Å². The van der Waals surface area contributed by atoms with Gasteiger partial charge < -0.3 is 14.2 Å². The molecular weight excluding hydrogens is 356 g/mol. The third-order valence-corrected chi connectivity index (χ3v) is 8.82. The molecule has 1 aliphatic heterocycles. The van der Waals surface area contributed by atoms with E-state index in [9.17, 15) is 9.59 Å². The molecule has 0 radical (unpaired) electrons. The Hall–Kier alpha value is -1.10. The number of carbonyl (C=O) groups is 2. The first-order valence-electron chi connectivity index (χ1n) is 10.9. The van der Waals surface area contributed by atoms with E-state index in [1.165, 1.54) is 20.5 Å². The number of hydrogen-bond donors (Lipinski definition) is 0. The number of methoxy groups -OCH3 is 1. The zero-order chi connectivity index (χ0) is 20.9. The normalized spacial score (nSPS) is 45.4. The van der Waals surface area contributed by atoms with E-state index in [0.717, 1.165) is 25.7 Å². The summed E-state index contributed by atoms with van der Waals surface area (Å²) < 4.78 is 16.8. The molecule has 160 valence electrons. The van der Waals surface area contributed by atoms with Crippen LogP contribution in [0.2, 0.25) is 0 Å². The summed E-state index contributed by atoms with van der Waals surface area (Å²) in [6.07, 6.45) is 5.67. The van der Waals surface area contributed by atoms with Crippen LogP contribution in [0.3, 0.4) is 0 Å². The van der Waals surface area contributed by atoms with Crippen LogP contribution in [0.5, 0.6) is 0 Å². The van der Waals surface area contributed by atoms with Gasteiger partial charge in [-0.2, -0.15) is 0 Å². The minimum Gasteiger partial charge on any atom is -0.469 e. The molecule has 3 rings (SSSR count). The molecule has 5 nitrogen and oxygen atoms in total. The van der Waals surface area contributed by atoms with E-state index >= 15 is 0 Å². The van der Waals surface area contributed by atoms with Crippen LogP contribution >= 0.6 is 0 Å². The molecule has 1 unspecified atom stereocenters. The summed E-state index contributed by atoms with van der Waals surface area (Å²) in [5, 5.41) is 0. The first kappa shape index (κ1) is 21.6. The largest absolute Gasteiger partial charge is 0.469 e. The lowest BCUT2D eigenvalue weighted by atomic mass is 9.44. The Kier molecular flexibility index (Phi) is 5.63. The quantitative estimate of drug-likeness (QED) is 0.490. The van der Waals surface area contributed by atoms with E-state index in [1.54, 1.807) is 0 Å². The van der Waals surface area contributed by atoms with Gasteiger partial charge in [0.25, 0.3) is 0 Å².